The maximum absolute atomic E-state index is 13.2. The van der Waals surface area contributed by atoms with Crippen LogP contribution >= 0.6 is 0 Å². The van der Waals surface area contributed by atoms with Gasteiger partial charge in [-0.25, -0.2) is 0 Å². The lowest BCUT2D eigenvalue weighted by atomic mass is 9.93. The Hall–Kier alpha value is -2.39. The van der Waals surface area contributed by atoms with Crippen LogP contribution in [0.3, 0.4) is 0 Å². The first-order valence-corrected chi connectivity index (χ1v) is 10.6. The molecule has 1 saturated carbocycles. The minimum atomic E-state index is -4.62. The summed E-state index contributed by atoms with van der Waals surface area (Å²) in [7, 11) is 0. The molecule has 0 spiro atoms. The average molecular weight is 424 g/mol. The van der Waals surface area contributed by atoms with Crippen molar-refractivity contribution < 1.29 is 18.0 Å². The first-order valence-electron chi connectivity index (χ1n) is 10.6. The van der Waals surface area contributed by atoms with Gasteiger partial charge in [-0.1, -0.05) is 12.8 Å². The van der Waals surface area contributed by atoms with Gasteiger partial charge in [0.1, 0.15) is 5.82 Å². The van der Waals surface area contributed by atoms with E-state index in [1.165, 1.54) is 18.9 Å². The number of carbonyl (C=O) groups is 1. The van der Waals surface area contributed by atoms with Crippen LogP contribution < -0.4 is 4.90 Å². The van der Waals surface area contributed by atoms with Crippen LogP contribution in [0.5, 0.6) is 0 Å². The van der Waals surface area contributed by atoms with E-state index < -0.39 is 12.0 Å². The minimum absolute atomic E-state index is 0.0476. The lowest BCUT2D eigenvalue weighted by Crippen LogP contribution is -2.49. The van der Waals surface area contributed by atoms with Gasteiger partial charge in [-0.3, -0.25) is 4.79 Å². The van der Waals surface area contributed by atoms with Crippen LogP contribution in [-0.4, -0.2) is 55.8 Å². The van der Waals surface area contributed by atoms with Crippen molar-refractivity contribution in [1.29, 1.82) is 0 Å². The summed E-state index contributed by atoms with van der Waals surface area (Å²) in [6.45, 7) is 5.30. The summed E-state index contributed by atoms with van der Waals surface area (Å²) in [6, 6.07) is 3.67. The molecule has 0 atom stereocenters. The van der Waals surface area contributed by atoms with Gasteiger partial charge in [0.2, 0.25) is 5.91 Å². The molecule has 1 aliphatic carbocycles. The third-order valence-electron chi connectivity index (χ3n) is 6.20. The standard InChI is InChI=1S/C20H27F3N6O/c1-13(2)28(15-5-3-4-6-15)18(30)14-9-11-27(12-10-14)17-8-7-16-24-25-19(20(21,22)23)29(16)26-17/h7-8,13-15H,3-6,9-12H2,1-2H3. The lowest BCUT2D eigenvalue weighted by molar-refractivity contribution is -0.146. The molecule has 0 bridgehead atoms. The number of hydrogen-bond acceptors (Lipinski definition) is 5. The van der Waals surface area contributed by atoms with E-state index in [4.69, 9.17) is 0 Å². The fourth-order valence-electron chi connectivity index (χ4n) is 4.73. The van der Waals surface area contributed by atoms with Crippen molar-refractivity contribution in [2.24, 2.45) is 5.92 Å². The largest absolute Gasteiger partial charge is 0.453 e. The van der Waals surface area contributed by atoms with Crippen LogP contribution in [0.4, 0.5) is 19.0 Å². The molecule has 7 nitrogen and oxygen atoms in total. The molecule has 0 N–H and O–H groups in total. The quantitative estimate of drug-likeness (QED) is 0.751. The molecule has 4 rings (SSSR count). The molecule has 2 aromatic rings. The zero-order valence-corrected chi connectivity index (χ0v) is 17.3. The average Bonchev–Trinajstić information content (AvgIpc) is 3.37. The Morgan fingerprint density at radius 2 is 1.77 bits per heavy atom. The number of carbonyl (C=O) groups excluding carboxylic acids is 1. The van der Waals surface area contributed by atoms with Gasteiger partial charge in [-0.2, -0.15) is 17.7 Å². The van der Waals surface area contributed by atoms with Crippen molar-refractivity contribution in [3.05, 3.63) is 18.0 Å². The molecule has 1 amide bonds. The number of halogens is 3. The SMILES string of the molecule is CC(C)N(C(=O)C1CCN(c2ccc3nnc(C(F)(F)F)n3n2)CC1)C1CCCC1. The Bertz CT molecular complexity index is 898. The molecule has 164 valence electrons. The molecular formula is C20H27F3N6O. The summed E-state index contributed by atoms with van der Waals surface area (Å²) in [4.78, 5) is 17.2. The van der Waals surface area contributed by atoms with Crippen molar-refractivity contribution >= 4 is 17.4 Å². The van der Waals surface area contributed by atoms with Gasteiger partial charge in [-0.05, 0) is 51.7 Å². The minimum Gasteiger partial charge on any atom is -0.355 e. The Morgan fingerprint density at radius 3 is 2.37 bits per heavy atom. The number of nitrogens with zero attached hydrogens (tertiary/aromatic N) is 6. The molecule has 1 saturated heterocycles. The van der Waals surface area contributed by atoms with Crippen molar-refractivity contribution in [3.63, 3.8) is 0 Å². The molecule has 0 aromatic carbocycles. The monoisotopic (exact) mass is 424 g/mol. The highest BCUT2D eigenvalue weighted by atomic mass is 19.4. The smallest absolute Gasteiger partial charge is 0.355 e. The number of amides is 1. The van der Waals surface area contributed by atoms with E-state index >= 15 is 0 Å². The Morgan fingerprint density at radius 1 is 1.10 bits per heavy atom. The second-order valence-corrected chi connectivity index (χ2v) is 8.52. The van der Waals surface area contributed by atoms with Crippen LogP contribution in [0.1, 0.15) is 58.2 Å². The van der Waals surface area contributed by atoms with E-state index in [2.05, 4.69) is 34.0 Å². The van der Waals surface area contributed by atoms with Gasteiger partial charge in [0.05, 0.1) is 0 Å². The van der Waals surface area contributed by atoms with E-state index in [1.807, 2.05) is 4.90 Å². The summed E-state index contributed by atoms with van der Waals surface area (Å²) in [6.07, 6.45) is 1.23. The van der Waals surface area contributed by atoms with Crippen molar-refractivity contribution in [3.8, 4) is 0 Å². The van der Waals surface area contributed by atoms with E-state index in [0.29, 0.717) is 37.8 Å². The van der Waals surface area contributed by atoms with Crippen LogP contribution in [0.25, 0.3) is 5.65 Å². The molecule has 2 aromatic heterocycles. The summed E-state index contributed by atoms with van der Waals surface area (Å²) in [5.41, 5.74) is 0.0558. The van der Waals surface area contributed by atoms with E-state index in [1.54, 1.807) is 6.07 Å². The number of hydrogen-bond donors (Lipinski definition) is 0. The van der Waals surface area contributed by atoms with E-state index in [0.717, 1.165) is 17.4 Å². The lowest BCUT2D eigenvalue weighted by Gasteiger charge is -2.39. The zero-order valence-electron chi connectivity index (χ0n) is 17.3. The second kappa shape index (κ2) is 8.03. The highest BCUT2D eigenvalue weighted by Crippen LogP contribution is 2.31. The van der Waals surface area contributed by atoms with Gasteiger partial charge < -0.3 is 9.80 Å². The normalized spacial score (nSPS) is 19.2. The van der Waals surface area contributed by atoms with Gasteiger partial charge in [0.15, 0.2) is 5.65 Å². The molecule has 30 heavy (non-hydrogen) atoms. The maximum Gasteiger partial charge on any atom is 0.453 e. The number of alkyl halides is 3. The summed E-state index contributed by atoms with van der Waals surface area (Å²) in [5.74, 6) is -0.518. The number of piperidine rings is 1. The Balaban J connectivity index is 1.46. The van der Waals surface area contributed by atoms with Crippen LogP contribution in [0, 0.1) is 5.92 Å². The molecule has 2 fully saturated rings. The van der Waals surface area contributed by atoms with Gasteiger partial charge in [-0.15, -0.1) is 15.3 Å². The molecule has 0 unspecified atom stereocenters. The van der Waals surface area contributed by atoms with E-state index in [-0.39, 0.29) is 23.5 Å². The first kappa shape index (κ1) is 20.9. The topological polar surface area (TPSA) is 66.6 Å². The Labute approximate surface area is 173 Å². The molecule has 10 heteroatoms. The highest BCUT2D eigenvalue weighted by Gasteiger charge is 2.38. The number of fused-ring (bicyclic) bond motifs is 1. The first-order chi connectivity index (χ1) is 14.3. The van der Waals surface area contributed by atoms with Gasteiger partial charge in [0, 0.05) is 31.1 Å². The van der Waals surface area contributed by atoms with Crippen LogP contribution in [0.2, 0.25) is 0 Å². The molecule has 3 heterocycles. The molecule has 1 aliphatic heterocycles. The van der Waals surface area contributed by atoms with Crippen molar-refractivity contribution in [2.75, 3.05) is 18.0 Å². The predicted octanol–water partition coefficient (Wildman–Crippen LogP) is 3.54. The van der Waals surface area contributed by atoms with Crippen LogP contribution in [0.15, 0.2) is 12.1 Å². The fourth-order valence-corrected chi connectivity index (χ4v) is 4.73. The maximum atomic E-state index is 13.2. The van der Waals surface area contributed by atoms with Crippen LogP contribution in [-0.2, 0) is 11.0 Å². The van der Waals surface area contributed by atoms with Crippen molar-refractivity contribution in [1.82, 2.24) is 24.7 Å². The predicted molar refractivity (Wildman–Crippen MR) is 105 cm³/mol. The summed E-state index contributed by atoms with van der Waals surface area (Å²) < 4.78 is 40.1. The second-order valence-electron chi connectivity index (χ2n) is 8.52. The zero-order chi connectivity index (χ0) is 21.5. The summed E-state index contributed by atoms with van der Waals surface area (Å²) >= 11 is 0. The van der Waals surface area contributed by atoms with Gasteiger partial charge >= 0.3 is 6.18 Å². The molecule has 0 radical (unpaired) electrons. The summed E-state index contributed by atoms with van der Waals surface area (Å²) in [5, 5.41) is 10.9. The third kappa shape index (κ3) is 3.96. The van der Waals surface area contributed by atoms with E-state index in [9.17, 15) is 18.0 Å². The van der Waals surface area contributed by atoms with Crippen molar-refractivity contribution in [2.45, 2.75) is 70.6 Å². The Kier molecular flexibility index (Phi) is 5.59. The number of anilines is 1. The molecular weight excluding hydrogens is 397 g/mol. The number of aromatic nitrogens is 4. The molecule has 2 aliphatic rings. The highest BCUT2D eigenvalue weighted by molar-refractivity contribution is 5.80. The third-order valence-corrected chi connectivity index (χ3v) is 6.20. The van der Waals surface area contributed by atoms with Gasteiger partial charge in [0.25, 0.3) is 5.82 Å². The fraction of sp³-hybridized carbons (Fsp3) is 0.700. The number of rotatable bonds is 4.